The number of benzene rings is 2. The highest BCUT2D eigenvalue weighted by Gasteiger charge is 2.28. The highest BCUT2D eigenvalue weighted by atomic mass is 35.5. The molecule has 0 saturated carbocycles. The van der Waals surface area contributed by atoms with Gasteiger partial charge in [-0.15, -0.1) is 0 Å². The van der Waals surface area contributed by atoms with Gasteiger partial charge in [-0.25, -0.2) is 13.4 Å². The van der Waals surface area contributed by atoms with Crippen molar-refractivity contribution in [3.05, 3.63) is 52.0 Å². The van der Waals surface area contributed by atoms with E-state index in [1.165, 1.54) is 28.4 Å². The lowest BCUT2D eigenvalue weighted by Gasteiger charge is -2.23. The fourth-order valence-corrected chi connectivity index (χ4v) is 5.39. The molecule has 6 nitrogen and oxygen atoms in total. The van der Waals surface area contributed by atoms with Crippen molar-refractivity contribution in [2.24, 2.45) is 0 Å². The van der Waals surface area contributed by atoms with Gasteiger partial charge in [-0.2, -0.15) is 0 Å². The number of carbonyl (C=O) groups is 1. The Kier molecular flexibility index (Phi) is 6.05. The Bertz CT molecular complexity index is 1220. The van der Waals surface area contributed by atoms with E-state index in [2.05, 4.69) is 4.98 Å². The van der Waals surface area contributed by atoms with E-state index in [0.29, 0.717) is 38.5 Å². The van der Waals surface area contributed by atoms with Gasteiger partial charge in [0.1, 0.15) is 0 Å². The molecule has 30 heavy (non-hydrogen) atoms. The lowest BCUT2D eigenvalue weighted by Crippen LogP contribution is -2.37. The van der Waals surface area contributed by atoms with Gasteiger partial charge in [0.2, 0.25) is 0 Å². The van der Waals surface area contributed by atoms with Gasteiger partial charge < -0.3 is 4.74 Å². The highest BCUT2D eigenvalue weighted by molar-refractivity contribution is 7.90. The summed E-state index contributed by atoms with van der Waals surface area (Å²) in [7, 11) is -3.35. The number of fused-ring (bicyclic) bond motifs is 1. The average molecular weight is 485 g/mol. The van der Waals surface area contributed by atoms with E-state index in [9.17, 15) is 13.2 Å². The quantitative estimate of drug-likeness (QED) is 0.517. The number of amides is 1. The number of halogens is 2. The minimum Gasteiger partial charge on any atom is -0.376 e. The Balaban J connectivity index is 1.77. The van der Waals surface area contributed by atoms with Crippen LogP contribution in [0, 0.1) is 0 Å². The summed E-state index contributed by atoms with van der Waals surface area (Å²) in [5.41, 5.74) is 0.892. The number of aromatic nitrogens is 1. The van der Waals surface area contributed by atoms with Crippen molar-refractivity contribution in [3.63, 3.8) is 0 Å². The van der Waals surface area contributed by atoms with Gasteiger partial charge >= 0.3 is 0 Å². The molecule has 1 aliphatic heterocycles. The van der Waals surface area contributed by atoms with Crippen molar-refractivity contribution in [2.75, 3.05) is 24.3 Å². The van der Waals surface area contributed by atoms with Crippen LogP contribution in [-0.2, 0) is 14.6 Å². The number of anilines is 1. The Morgan fingerprint density at radius 2 is 2.07 bits per heavy atom. The summed E-state index contributed by atoms with van der Waals surface area (Å²) in [6.07, 6.45) is 2.83. The van der Waals surface area contributed by atoms with Gasteiger partial charge in [0.05, 0.1) is 38.3 Å². The van der Waals surface area contributed by atoms with Gasteiger partial charge in [0.15, 0.2) is 15.0 Å². The van der Waals surface area contributed by atoms with Crippen LogP contribution in [0.3, 0.4) is 0 Å². The minimum atomic E-state index is -3.35. The number of hydrogen-bond acceptors (Lipinski definition) is 6. The van der Waals surface area contributed by atoms with Gasteiger partial charge in [0.25, 0.3) is 5.91 Å². The van der Waals surface area contributed by atoms with Crippen LogP contribution in [0.15, 0.2) is 41.3 Å². The first-order chi connectivity index (χ1) is 14.2. The third-order valence-corrected chi connectivity index (χ3v) is 7.54. The maximum Gasteiger partial charge on any atom is 0.261 e. The van der Waals surface area contributed by atoms with E-state index in [1.54, 1.807) is 24.3 Å². The Labute approximate surface area is 188 Å². The molecule has 1 aliphatic rings. The molecule has 2 aromatic carbocycles. The van der Waals surface area contributed by atoms with Crippen LogP contribution in [0.1, 0.15) is 23.2 Å². The summed E-state index contributed by atoms with van der Waals surface area (Å²) in [6.45, 7) is 0.975. The molecular weight excluding hydrogens is 467 g/mol. The van der Waals surface area contributed by atoms with E-state index in [-0.39, 0.29) is 22.5 Å². The van der Waals surface area contributed by atoms with E-state index < -0.39 is 9.84 Å². The van der Waals surface area contributed by atoms with E-state index in [0.717, 1.165) is 19.1 Å². The predicted molar refractivity (Wildman–Crippen MR) is 120 cm³/mol. The predicted octanol–water partition coefficient (Wildman–Crippen LogP) is 4.83. The molecule has 10 heteroatoms. The van der Waals surface area contributed by atoms with Crippen molar-refractivity contribution in [2.45, 2.75) is 23.8 Å². The Hall–Kier alpha value is -1.71. The first-order valence-corrected chi connectivity index (χ1v) is 12.7. The van der Waals surface area contributed by atoms with E-state index >= 15 is 0 Å². The molecule has 0 N–H and O–H groups in total. The maximum absolute atomic E-state index is 13.4. The standard InChI is InChI=1S/C20H18Cl2N2O4S2/c1-30(26,27)14-5-7-17-18(10-14)29-20(23-17)24(11-13-3-2-8-28-13)19(25)15-9-12(21)4-6-16(15)22/h4-7,9-10,13H,2-3,8,11H2,1H3. The topological polar surface area (TPSA) is 76.6 Å². The third-order valence-electron chi connectivity index (χ3n) is 4.82. The van der Waals surface area contributed by atoms with Crippen LogP contribution in [0.2, 0.25) is 10.0 Å². The molecule has 3 aromatic rings. The van der Waals surface area contributed by atoms with E-state index in [1.807, 2.05) is 0 Å². The average Bonchev–Trinajstić information content (AvgIpc) is 3.35. The Morgan fingerprint density at radius 1 is 1.27 bits per heavy atom. The molecule has 158 valence electrons. The molecule has 4 rings (SSSR count). The van der Waals surface area contributed by atoms with Gasteiger partial charge in [-0.3, -0.25) is 9.69 Å². The van der Waals surface area contributed by atoms with Crippen LogP contribution < -0.4 is 4.90 Å². The second-order valence-corrected chi connectivity index (χ2v) is 10.9. The molecule has 2 heterocycles. The van der Waals surface area contributed by atoms with Crippen LogP contribution >= 0.6 is 34.5 Å². The minimum absolute atomic E-state index is 0.106. The van der Waals surface area contributed by atoms with Crippen molar-refractivity contribution in [1.29, 1.82) is 0 Å². The number of nitrogens with zero attached hydrogens (tertiary/aromatic N) is 2. The second-order valence-electron chi connectivity index (χ2n) is 7.07. The lowest BCUT2D eigenvalue weighted by atomic mass is 10.1. The molecule has 0 bridgehead atoms. The zero-order valence-corrected chi connectivity index (χ0v) is 19.1. The zero-order chi connectivity index (χ0) is 21.5. The summed E-state index contributed by atoms with van der Waals surface area (Å²) in [4.78, 5) is 19.7. The maximum atomic E-state index is 13.4. The van der Waals surface area contributed by atoms with Crippen LogP contribution in [0.4, 0.5) is 5.13 Å². The first-order valence-electron chi connectivity index (χ1n) is 9.21. The smallest absolute Gasteiger partial charge is 0.261 e. The molecule has 0 aliphatic carbocycles. The van der Waals surface area contributed by atoms with Crippen molar-refractivity contribution < 1.29 is 17.9 Å². The molecule has 0 radical (unpaired) electrons. The SMILES string of the molecule is CS(=O)(=O)c1ccc2nc(N(CC3CCCO3)C(=O)c3cc(Cl)ccc3Cl)sc2c1. The van der Waals surface area contributed by atoms with Crippen molar-refractivity contribution >= 4 is 65.6 Å². The number of sulfone groups is 1. The lowest BCUT2D eigenvalue weighted by molar-refractivity contribution is 0.0917. The second kappa shape index (κ2) is 8.43. The highest BCUT2D eigenvalue weighted by Crippen LogP contribution is 2.33. The first kappa shape index (κ1) is 21.5. The van der Waals surface area contributed by atoms with Crippen LogP contribution in [-0.4, -0.2) is 44.8 Å². The fraction of sp³-hybridized carbons (Fsp3) is 0.300. The summed E-state index contributed by atoms with van der Waals surface area (Å²) in [6, 6.07) is 9.47. The fourth-order valence-electron chi connectivity index (χ4n) is 3.29. The molecule has 1 amide bonds. The van der Waals surface area contributed by atoms with Crippen molar-refractivity contribution in [3.8, 4) is 0 Å². The zero-order valence-electron chi connectivity index (χ0n) is 16.0. The number of thiazole rings is 1. The van der Waals surface area contributed by atoms with Gasteiger partial charge in [-0.05, 0) is 49.2 Å². The molecule has 1 atom stereocenters. The molecular formula is C20H18Cl2N2O4S2. The molecule has 1 fully saturated rings. The monoisotopic (exact) mass is 484 g/mol. The van der Waals surface area contributed by atoms with Gasteiger partial charge in [0, 0.05) is 17.9 Å². The number of carbonyl (C=O) groups excluding carboxylic acids is 1. The molecule has 0 spiro atoms. The van der Waals surface area contributed by atoms with E-state index in [4.69, 9.17) is 27.9 Å². The number of ether oxygens (including phenoxy) is 1. The largest absolute Gasteiger partial charge is 0.376 e. The third kappa shape index (κ3) is 4.48. The normalized spacial score (nSPS) is 16.8. The summed E-state index contributed by atoms with van der Waals surface area (Å²) >= 11 is 13.6. The van der Waals surface area contributed by atoms with Gasteiger partial charge in [-0.1, -0.05) is 34.5 Å². The summed E-state index contributed by atoms with van der Waals surface area (Å²) in [5.74, 6) is -0.333. The molecule has 1 saturated heterocycles. The van der Waals surface area contributed by atoms with Crippen molar-refractivity contribution in [1.82, 2.24) is 4.98 Å². The van der Waals surface area contributed by atoms with Crippen LogP contribution in [0.25, 0.3) is 10.2 Å². The van der Waals surface area contributed by atoms with Crippen LogP contribution in [0.5, 0.6) is 0 Å². The summed E-state index contributed by atoms with van der Waals surface area (Å²) in [5, 5.41) is 1.15. The number of rotatable bonds is 5. The number of hydrogen-bond donors (Lipinski definition) is 0. The summed E-state index contributed by atoms with van der Waals surface area (Å²) < 4.78 is 30.2. The molecule has 1 aromatic heterocycles. The molecule has 1 unspecified atom stereocenters. The Morgan fingerprint density at radius 3 is 2.77 bits per heavy atom.